The second-order valence-corrected chi connectivity index (χ2v) is 19.2. The molecule has 4 atom stereocenters. The van der Waals surface area contributed by atoms with Crippen molar-refractivity contribution >= 4 is 52.3 Å². The fourth-order valence-electron chi connectivity index (χ4n) is 8.50. The maximum Gasteiger partial charge on any atom is 0.344 e. The van der Waals surface area contributed by atoms with Gasteiger partial charge in [-0.25, -0.2) is 4.98 Å². The van der Waals surface area contributed by atoms with Crippen molar-refractivity contribution in [3.8, 4) is 16.2 Å². The number of aliphatic hydroxyl groups is 1. The van der Waals surface area contributed by atoms with Crippen LogP contribution in [0.2, 0.25) is 5.02 Å². The van der Waals surface area contributed by atoms with E-state index in [2.05, 4.69) is 25.7 Å². The normalized spacial score (nSPS) is 17.5. The number of rotatable bonds is 16. The van der Waals surface area contributed by atoms with Gasteiger partial charge in [0.2, 0.25) is 29.2 Å². The lowest BCUT2D eigenvalue weighted by atomic mass is 9.85. The van der Waals surface area contributed by atoms with Crippen LogP contribution in [0.3, 0.4) is 0 Å². The number of likely N-dealkylation sites (tertiary alicyclic amines) is 1. The third-order valence-electron chi connectivity index (χ3n) is 12.1. The predicted molar refractivity (Wildman–Crippen MR) is 251 cm³/mol. The van der Waals surface area contributed by atoms with Crippen LogP contribution in [0, 0.1) is 29.4 Å². The molecule has 4 amide bonds. The summed E-state index contributed by atoms with van der Waals surface area (Å²) in [7, 11) is 0. The van der Waals surface area contributed by atoms with Crippen molar-refractivity contribution in [2.45, 2.75) is 84.7 Å². The van der Waals surface area contributed by atoms with Crippen LogP contribution in [-0.4, -0.2) is 116 Å². The number of nitrogens with zero attached hydrogens (tertiary/aromatic N) is 6. The number of nitrogens with one attached hydrogen (secondary N) is 2. The first-order chi connectivity index (χ1) is 32.0. The quantitative estimate of drug-likeness (QED) is 0.0550. The number of halogens is 1. The van der Waals surface area contributed by atoms with Crippen molar-refractivity contribution in [3.63, 3.8) is 0 Å². The number of benzene rings is 3. The molecule has 4 heterocycles. The first-order valence-electron chi connectivity index (χ1n) is 22.2. The van der Waals surface area contributed by atoms with Crippen LogP contribution in [0.25, 0.3) is 10.4 Å². The number of amides is 4. The summed E-state index contributed by atoms with van der Waals surface area (Å²) >= 11 is 7.81. The monoisotopic (exact) mass is 954 g/mol. The summed E-state index contributed by atoms with van der Waals surface area (Å²) in [4.78, 5) is 75.7. The van der Waals surface area contributed by atoms with Gasteiger partial charge in [0, 0.05) is 64.1 Å². The molecular weight excluding hydrogens is 900 g/mol. The summed E-state index contributed by atoms with van der Waals surface area (Å²) < 4.78 is 11.0. The van der Waals surface area contributed by atoms with Gasteiger partial charge in [0.1, 0.15) is 17.8 Å². The smallest absolute Gasteiger partial charge is 0.344 e. The van der Waals surface area contributed by atoms with Gasteiger partial charge in [0.25, 0.3) is 5.91 Å². The number of aliphatic hydroxyl groups excluding tert-OH is 1. The van der Waals surface area contributed by atoms with E-state index in [4.69, 9.17) is 20.9 Å². The number of aryl methyl sites for hydroxylation is 2. The number of piperazine rings is 1. The zero-order valence-electron chi connectivity index (χ0n) is 38.1. The molecule has 67 heavy (non-hydrogen) atoms. The molecule has 0 radical (unpaired) electrons. The highest BCUT2D eigenvalue weighted by Gasteiger charge is 2.44. The van der Waals surface area contributed by atoms with Crippen LogP contribution in [0.15, 0.2) is 82.8 Å². The summed E-state index contributed by atoms with van der Waals surface area (Å²) in [6.45, 7) is 10.9. The predicted octanol–water partition coefficient (Wildman–Crippen LogP) is 6.49. The number of ether oxygens (including phenoxy) is 1. The van der Waals surface area contributed by atoms with Crippen LogP contribution in [0.1, 0.15) is 84.7 Å². The number of thiazole rings is 1. The lowest BCUT2D eigenvalue weighted by Crippen LogP contribution is -2.57. The van der Waals surface area contributed by atoms with Gasteiger partial charge in [0.05, 0.1) is 39.8 Å². The van der Waals surface area contributed by atoms with E-state index >= 15 is 0 Å². The van der Waals surface area contributed by atoms with E-state index in [-0.39, 0.29) is 61.8 Å². The van der Waals surface area contributed by atoms with E-state index < -0.39 is 46.0 Å². The minimum Gasteiger partial charge on any atom is -0.494 e. The van der Waals surface area contributed by atoms with Crippen molar-refractivity contribution in [3.05, 3.63) is 127 Å². The molecule has 3 N–H and O–H groups in total. The van der Waals surface area contributed by atoms with Gasteiger partial charge in [-0.05, 0) is 65.3 Å². The van der Waals surface area contributed by atoms with E-state index in [1.807, 2.05) is 106 Å². The molecule has 7 rings (SSSR count). The summed E-state index contributed by atoms with van der Waals surface area (Å²) in [5.41, 5.74) is 5.21. The molecule has 2 aliphatic heterocycles. The molecule has 0 saturated carbocycles. The molecule has 354 valence electrons. The van der Waals surface area contributed by atoms with E-state index in [1.54, 1.807) is 16.2 Å². The van der Waals surface area contributed by atoms with Crippen molar-refractivity contribution in [2.24, 2.45) is 5.41 Å². The lowest BCUT2D eigenvalue weighted by molar-refractivity contribution is -0.386. The molecule has 2 saturated heterocycles. The second kappa shape index (κ2) is 21.2. The van der Waals surface area contributed by atoms with Gasteiger partial charge in [0.15, 0.2) is 0 Å². The third-order valence-corrected chi connectivity index (χ3v) is 13.3. The van der Waals surface area contributed by atoms with Crippen molar-refractivity contribution in [1.29, 1.82) is 0 Å². The molecule has 1 unspecified atom stereocenters. The number of aromatic nitrogens is 2. The van der Waals surface area contributed by atoms with Gasteiger partial charge >= 0.3 is 5.69 Å². The van der Waals surface area contributed by atoms with Gasteiger partial charge in [-0.3, -0.25) is 34.2 Å². The van der Waals surface area contributed by atoms with E-state index in [1.165, 1.54) is 11.8 Å². The molecular formula is C48H55ClN8O9S. The highest BCUT2D eigenvalue weighted by molar-refractivity contribution is 7.13. The molecule has 2 fully saturated rings. The van der Waals surface area contributed by atoms with Crippen molar-refractivity contribution in [2.75, 3.05) is 39.3 Å². The Hall–Kier alpha value is -6.21. The number of β-amino-alcohol motifs (C(OH)–C–C–N with tert-alkyl or cyclic N) is 1. The fraction of sp³-hybridized carbons (Fsp3) is 0.417. The number of nitro groups is 1. The summed E-state index contributed by atoms with van der Waals surface area (Å²) in [5, 5.41) is 32.3. The highest BCUT2D eigenvalue weighted by atomic mass is 35.5. The maximum atomic E-state index is 14.1. The molecule has 0 aliphatic carbocycles. The van der Waals surface area contributed by atoms with Crippen LogP contribution in [0.4, 0.5) is 5.69 Å². The van der Waals surface area contributed by atoms with Crippen LogP contribution >= 0.6 is 22.9 Å². The SMILES string of the molecule is Cc1ncsc1-c1ccc(CNC(=O)[C@@H]2C[C@@H](O)CN2C(=O)[C@@H](NC(=O)CCCOc2ccc(C(c3ccc(Cl)cc3)N3CCN(C(=O)c4noc(C)c4[N+](=O)[O-])CC3)cc2)C(C)(C)C)cc1. The zero-order valence-corrected chi connectivity index (χ0v) is 39.6. The van der Waals surface area contributed by atoms with Gasteiger partial charge in [-0.2, -0.15) is 0 Å². The maximum absolute atomic E-state index is 14.1. The van der Waals surface area contributed by atoms with E-state index in [0.29, 0.717) is 43.4 Å². The average Bonchev–Trinajstić information content (AvgIpc) is 4.04. The minimum absolute atomic E-state index is 0.0219. The average molecular weight is 956 g/mol. The van der Waals surface area contributed by atoms with E-state index in [0.717, 1.165) is 32.8 Å². The fourth-order valence-corrected chi connectivity index (χ4v) is 9.44. The lowest BCUT2D eigenvalue weighted by Gasteiger charge is -2.39. The van der Waals surface area contributed by atoms with Gasteiger partial charge in [-0.1, -0.05) is 86.1 Å². The molecule has 17 nitrogen and oxygen atoms in total. The molecule has 5 aromatic rings. The molecule has 0 bridgehead atoms. The Morgan fingerprint density at radius 1 is 0.985 bits per heavy atom. The van der Waals surface area contributed by atoms with Crippen LogP contribution in [-0.2, 0) is 20.9 Å². The Kier molecular flexibility index (Phi) is 15.4. The highest BCUT2D eigenvalue weighted by Crippen LogP contribution is 2.33. The Labute approximate surface area is 397 Å². The number of hydrogen-bond donors (Lipinski definition) is 3. The number of carbonyl (C=O) groups is 4. The Morgan fingerprint density at radius 3 is 2.25 bits per heavy atom. The second-order valence-electron chi connectivity index (χ2n) is 17.9. The van der Waals surface area contributed by atoms with Crippen molar-refractivity contribution in [1.82, 2.24) is 35.5 Å². The topological polar surface area (TPSA) is 214 Å². The summed E-state index contributed by atoms with van der Waals surface area (Å²) in [6.07, 6.45) is -0.342. The largest absolute Gasteiger partial charge is 0.494 e. The number of hydrogen-bond acceptors (Lipinski definition) is 13. The summed E-state index contributed by atoms with van der Waals surface area (Å²) in [5.74, 6) is -1.13. The Morgan fingerprint density at radius 2 is 1.64 bits per heavy atom. The Balaban J connectivity index is 0.910. The molecule has 2 aromatic heterocycles. The molecule has 2 aliphatic rings. The van der Waals surface area contributed by atoms with Gasteiger partial charge < -0.3 is 34.8 Å². The Bertz CT molecular complexity index is 2550. The molecule has 19 heteroatoms. The number of carbonyl (C=O) groups excluding carboxylic acids is 4. The molecule has 3 aromatic carbocycles. The van der Waals surface area contributed by atoms with E-state index in [9.17, 15) is 34.4 Å². The van der Waals surface area contributed by atoms with Crippen LogP contribution < -0.4 is 15.4 Å². The van der Waals surface area contributed by atoms with Crippen LogP contribution in [0.5, 0.6) is 5.75 Å². The van der Waals surface area contributed by atoms with Gasteiger partial charge in [-0.15, -0.1) is 11.3 Å². The summed E-state index contributed by atoms with van der Waals surface area (Å²) in [6, 6.07) is 21.0. The molecule has 0 spiro atoms. The standard InChI is InChI=1S/C48H55ClN8O9S/c1-29-43(67-28-51-29)34-10-8-31(9-11-34)26-50-45(60)38-25-36(58)27-56(38)47(62)44(48(3,4)5)52-39(59)7-6-24-65-37-18-14-33(15-19-37)42(32-12-16-35(49)17-13-32)54-20-22-55(23-21-54)46(61)40-41(57(63)64)30(2)66-53-40/h8-19,28,36,38,42,44,58H,6-7,20-27H2,1-5H3,(H,50,60)(H,52,59)/t36-,38+,42?,44-/m1/s1. The zero-order chi connectivity index (χ0) is 48.0. The minimum atomic E-state index is -0.951. The third kappa shape index (κ3) is 11.7. The first-order valence-corrected chi connectivity index (χ1v) is 23.4. The first kappa shape index (κ1) is 48.7. The van der Waals surface area contributed by atoms with Crippen molar-refractivity contribution < 1.29 is 38.5 Å².